The molecule has 14 heavy (non-hydrogen) atoms. The van der Waals surface area contributed by atoms with Gasteiger partial charge in [-0.25, -0.2) is 0 Å². The second kappa shape index (κ2) is 3.66. The van der Waals surface area contributed by atoms with Crippen molar-refractivity contribution < 1.29 is 4.52 Å². The zero-order valence-electron chi connectivity index (χ0n) is 8.45. The fraction of sp³-hybridized carbons (Fsp3) is 0.250. The monoisotopic (exact) mass is 187 g/mol. The first-order valence-electron chi connectivity index (χ1n) is 4.81. The first-order valence-corrected chi connectivity index (χ1v) is 4.81. The Morgan fingerprint density at radius 3 is 2.43 bits per heavy atom. The van der Waals surface area contributed by atoms with Gasteiger partial charge in [0, 0.05) is 11.1 Å². The number of hydrogen-bond donors (Lipinski definition) is 0. The van der Waals surface area contributed by atoms with Crippen molar-refractivity contribution in [3.8, 4) is 11.3 Å². The molecule has 2 aromatic rings. The van der Waals surface area contributed by atoms with Crippen LogP contribution in [0.3, 0.4) is 0 Å². The van der Waals surface area contributed by atoms with Crippen molar-refractivity contribution in [1.29, 1.82) is 0 Å². The summed E-state index contributed by atoms with van der Waals surface area (Å²) in [5.74, 6) is 0. The van der Waals surface area contributed by atoms with E-state index in [0.29, 0.717) is 0 Å². The molecule has 0 saturated carbocycles. The first-order chi connectivity index (χ1) is 6.81. The molecule has 0 aliphatic carbocycles. The Morgan fingerprint density at radius 1 is 1.21 bits per heavy atom. The Kier molecular flexibility index (Phi) is 2.35. The van der Waals surface area contributed by atoms with Crippen LogP contribution in [0.2, 0.25) is 0 Å². The van der Waals surface area contributed by atoms with Gasteiger partial charge >= 0.3 is 0 Å². The van der Waals surface area contributed by atoms with E-state index < -0.39 is 0 Å². The number of aryl methyl sites for hydroxylation is 2. The van der Waals surface area contributed by atoms with Crippen molar-refractivity contribution in [2.24, 2.45) is 0 Å². The van der Waals surface area contributed by atoms with Gasteiger partial charge in [-0.3, -0.25) is 0 Å². The van der Waals surface area contributed by atoms with E-state index >= 15 is 0 Å². The molecule has 2 heteroatoms. The molecule has 0 amide bonds. The highest BCUT2D eigenvalue weighted by atomic mass is 16.5. The van der Waals surface area contributed by atoms with Crippen LogP contribution in [0.15, 0.2) is 35.1 Å². The lowest BCUT2D eigenvalue weighted by molar-refractivity contribution is 0.421. The predicted octanol–water partition coefficient (Wildman–Crippen LogP) is 3.21. The zero-order valence-corrected chi connectivity index (χ0v) is 8.45. The van der Waals surface area contributed by atoms with Crippen molar-refractivity contribution in [2.45, 2.75) is 20.3 Å². The van der Waals surface area contributed by atoms with Crippen LogP contribution in [-0.2, 0) is 6.42 Å². The number of rotatable bonds is 2. The van der Waals surface area contributed by atoms with Gasteiger partial charge in [-0.05, 0) is 18.9 Å². The van der Waals surface area contributed by atoms with Crippen LogP contribution in [0.25, 0.3) is 11.3 Å². The molecular weight excluding hydrogens is 174 g/mol. The van der Waals surface area contributed by atoms with E-state index in [0.717, 1.165) is 23.2 Å². The van der Waals surface area contributed by atoms with Crippen LogP contribution in [0, 0.1) is 6.92 Å². The molecule has 0 aliphatic rings. The second-order valence-corrected chi connectivity index (χ2v) is 3.40. The van der Waals surface area contributed by atoms with Gasteiger partial charge in [0.05, 0.1) is 0 Å². The molecule has 0 atom stereocenters. The van der Waals surface area contributed by atoms with Crippen molar-refractivity contribution in [2.75, 3.05) is 0 Å². The smallest absolute Gasteiger partial charge is 0.127 e. The van der Waals surface area contributed by atoms with E-state index in [1.165, 1.54) is 5.56 Å². The average molecular weight is 187 g/mol. The number of aromatic nitrogens is 1. The highest BCUT2D eigenvalue weighted by molar-refractivity contribution is 5.62. The van der Waals surface area contributed by atoms with E-state index in [9.17, 15) is 0 Å². The highest BCUT2D eigenvalue weighted by Gasteiger charge is 2.05. The van der Waals surface area contributed by atoms with Gasteiger partial charge in [0.25, 0.3) is 0 Å². The summed E-state index contributed by atoms with van der Waals surface area (Å²) < 4.78 is 4.91. The Balaban J connectivity index is 2.39. The summed E-state index contributed by atoms with van der Waals surface area (Å²) in [6.45, 7) is 4.15. The standard InChI is InChI=1S/C12H13NO/c1-3-10-4-6-11(7-5-10)12-9(2)8-14-13-12/h4-8H,3H2,1-2H3. The van der Waals surface area contributed by atoms with Crippen molar-refractivity contribution >= 4 is 0 Å². The molecule has 2 rings (SSSR count). The summed E-state index contributed by atoms with van der Waals surface area (Å²) in [5.41, 5.74) is 4.48. The third-order valence-corrected chi connectivity index (χ3v) is 2.38. The van der Waals surface area contributed by atoms with Gasteiger partial charge in [0.2, 0.25) is 0 Å². The summed E-state index contributed by atoms with van der Waals surface area (Å²) in [6, 6.07) is 8.43. The van der Waals surface area contributed by atoms with Crippen LogP contribution in [-0.4, -0.2) is 5.16 Å². The molecule has 1 aromatic heterocycles. The Hall–Kier alpha value is -1.57. The third-order valence-electron chi connectivity index (χ3n) is 2.38. The van der Waals surface area contributed by atoms with Crippen molar-refractivity contribution in [1.82, 2.24) is 5.16 Å². The lowest BCUT2D eigenvalue weighted by Crippen LogP contribution is -1.83. The van der Waals surface area contributed by atoms with E-state index in [4.69, 9.17) is 4.52 Å². The molecule has 0 bridgehead atoms. The van der Waals surface area contributed by atoms with Gasteiger partial charge in [-0.2, -0.15) is 0 Å². The van der Waals surface area contributed by atoms with Crippen LogP contribution < -0.4 is 0 Å². The van der Waals surface area contributed by atoms with E-state index in [-0.39, 0.29) is 0 Å². The van der Waals surface area contributed by atoms with E-state index in [1.54, 1.807) is 6.26 Å². The second-order valence-electron chi connectivity index (χ2n) is 3.40. The van der Waals surface area contributed by atoms with Gasteiger partial charge in [0.1, 0.15) is 12.0 Å². The van der Waals surface area contributed by atoms with Gasteiger partial charge in [-0.1, -0.05) is 36.3 Å². The summed E-state index contributed by atoms with van der Waals surface area (Å²) in [4.78, 5) is 0. The Labute approximate surface area is 83.5 Å². The van der Waals surface area contributed by atoms with Crippen molar-refractivity contribution in [3.05, 3.63) is 41.7 Å². The number of nitrogens with zero attached hydrogens (tertiary/aromatic N) is 1. The molecule has 0 radical (unpaired) electrons. The maximum atomic E-state index is 4.91. The summed E-state index contributed by atoms with van der Waals surface area (Å²) in [7, 11) is 0. The third kappa shape index (κ3) is 1.55. The fourth-order valence-corrected chi connectivity index (χ4v) is 1.46. The van der Waals surface area contributed by atoms with E-state index in [1.807, 2.05) is 6.92 Å². The van der Waals surface area contributed by atoms with Gasteiger partial charge < -0.3 is 4.52 Å². The largest absolute Gasteiger partial charge is 0.364 e. The predicted molar refractivity (Wildman–Crippen MR) is 56.1 cm³/mol. The van der Waals surface area contributed by atoms with Crippen LogP contribution in [0.1, 0.15) is 18.1 Å². The lowest BCUT2D eigenvalue weighted by atomic mass is 10.1. The highest BCUT2D eigenvalue weighted by Crippen LogP contribution is 2.21. The lowest BCUT2D eigenvalue weighted by Gasteiger charge is -1.99. The normalized spacial score (nSPS) is 10.4. The molecule has 0 saturated heterocycles. The minimum Gasteiger partial charge on any atom is -0.364 e. The van der Waals surface area contributed by atoms with E-state index in [2.05, 4.69) is 36.3 Å². The molecule has 2 nitrogen and oxygen atoms in total. The topological polar surface area (TPSA) is 26.0 Å². The Morgan fingerprint density at radius 2 is 1.93 bits per heavy atom. The molecule has 0 fully saturated rings. The fourth-order valence-electron chi connectivity index (χ4n) is 1.46. The minimum absolute atomic E-state index is 0.938. The maximum absolute atomic E-state index is 4.91. The minimum atomic E-state index is 0.938. The number of hydrogen-bond acceptors (Lipinski definition) is 2. The van der Waals surface area contributed by atoms with Crippen LogP contribution >= 0.6 is 0 Å². The summed E-state index contributed by atoms with van der Waals surface area (Å²) in [6.07, 6.45) is 2.74. The SMILES string of the molecule is CCc1ccc(-c2nocc2C)cc1. The molecular formula is C12H13NO. The van der Waals surface area contributed by atoms with Gasteiger partial charge in [-0.15, -0.1) is 0 Å². The molecule has 0 aliphatic heterocycles. The average Bonchev–Trinajstić information content (AvgIpc) is 2.65. The maximum Gasteiger partial charge on any atom is 0.127 e. The van der Waals surface area contributed by atoms with Crippen LogP contribution in [0.5, 0.6) is 0 Å². The molecule has 72 valence electrons. The molecule has 0 N–H and O–H groups in total. The van der Waals surface area contributed by atoms with Crippen molar-refractivity contribution in [3.63, 3.8) is 0 Å². The summed E-state index contributed by atoms with van der Waals surface area (Å²) >= 11 is 0. The van der Waals surface area contributed by atoms with Crippen LogP contribution in [0.4, 0.5) is 0 Å². The number of benzene rings is 1. The summed E-state index contributed by atoms with van der Waals surface area (Å²) in [5, 5.41) is 3.97. The molecule has 0 spiro atoms. The quantitative estimate of drug-likeness (QED) is 0.721. The zero-order chi connectivity index (χ0) is 9.97. The van der Waals surface area contributed by atoms with Gasteiger partial charge in [0.15, 0.2) is 0 Å². The first kappa shape index (κ1) is 9.00. The molecule has 1 heterocycles. The Bertz CT molecular complexity index is 414. The molecule has 1 aromatic carbocycles. The molecule has 0 unspecified atom stereocenters.